The Bertz CT molecular complexity index is 945. The highest BCUT2D eigenvalue weighted by molar-refractivity contribution is 8.27. The molecule has 0 fully saturated rings. The van der Waals surface area contributed by atoms with Gasteiger partial charge in [0.05, 0.1) is 11.7 Å². The minimum absolute atomic E-state index is 0.108. The van der Waals surface area contributed by atoms with Crippen LogP contribution in [0.25, 0.3) is 0 Å². The number of fused-ring (bicyclic) bond motifs is 1. The van der Waals surface area contributed by atoms with Crippen molar-refractivity contribution in [1.29, 1.82) is 0 Å². The van der Waals surface area contributed by atoms with Crippen molar-refractivity contribution in [3.8, 4) is 5.75 Å². The van der Waals surface area contributed by atoms with Gasteiger partial charge in [0.1, 0.15) is 22.1 Å². The number of hydrogen-bond acceptors (Lipinski definition) is 6. The molecule has 1 atom stereocenters. The second-order valence-corrected chi connectivity index (χ2v) is 10.7. The molecular formula is C18H20N2O4S3. The summed E-state index contributed by atoms with van der Waals surface area (Å²) < 4.78 is 33.5. The molecule has 1 aromatic carbocycles. The summed E-state index contributed by atoms with van der Waals surface area (Å²) in [5.41, 5.74) is 1.70. The maximum Gasteiger partial charge on any atom is 0.289 e. The maximum absolute atomic E-state index is 12.4. The number of aliphatic hydroxyl groups is 1. The smallest absolute Gasteiger partial charge is 0.289 e. The lowest BCUT2D eigenvalue weighted by Crippen LogP contribution is -2.10. The second kappa shape index (κ2) is 8.04. The molecule has 1 unspecified atom stereocenters. The molecule has 0 spiro atoms. The standard InChI is InChI=1S/C18H20N2O4S3/c1-20(2)11-19-27(22,23)17-10-15-16(21)9-14(25-18(15)26-17)8-12-4-6-13(24-3)7-5-12/h4-7,9-11,18,21H,8H2,1-3H3/b19-11+. The third-order valence-electron chi connectivity index (χ3n) is 3.81. The first-order valence-electron chi connectivity index (χ1n) is 8.07. The Labute approximate surface area is 167 Å². The number of benzene rings is 1. The van der Waals surface area contributed by atoms with E-state index in [1.807, 2.05) is 24.3 Å². The molecule has 0 radical (unpaired) electrons. The highest BCUT2D eigenvalue weighted by atomic mass is 32.3. The third kappa shape index (κ3) is 4.72. The molecule has 1 N–H and O–H groups in total. The molecule has 0 aromatic heterocycles. The summed E-state index contributed by atoms with van der Waals surface area (Å²) in [4.78, 5) is 2.54. The van der Waals surface area contributed by atoms with Gasteiger partial charge in [-0.1, -0.05) is 23.9 Å². The van der Waals surface area contributed by atoms with Crippen molar-refractivity contribution in [3.63, 3.8) is 0 Å². The van der Waals surface area contributed by atoms with E-state index in [-0.39, 0.29) is 14.6 Å². The number of nitrogens with zero attached hydrogens (tertiary/aromatic N) is 2. The molecule has 3 rings (SSSR count). The molecule has 1 aromatic rings. The lowest BCUT2D eigenvalue weighted by molar-refractivity contribution is 0.414. The lowest BCUT2D eigenvalue weighted by atomic mass is 10.1. The number of sulfonamides is 1. The van der Waals surface area contributed by atoms with Crippen molar-refractivity contribution in [2.24, 2.45) is 4.40 Å². The molecule has 144 valence electrons. The van der Waals surface area contributed by atoms with Gasteiger partial charge in [0.15, 0.2) is 0 Å². The van der Waals surface area contributed by atoms with Crippen LogP contribution in [-0.2, 0) is 16.4 Å². The van der Waals surface area contributed by atoms with Crippen LogP contribution in [0, 0.1) is 0 Å². The predicted molar refractivity (Wildman–Crippen MR) is 113 cm³/mol. The van der Waals surface area contributed by atoms with Gasteiger partial charge in [0.25, 0.3) is 10.0 Å². The fourth-order valence-electron chi connectivity index (χ4n) is 2.47. The number of aliphatic hydroxyl groups excluding tert-OH is 1. The van der Waals surface area contributed by atoms with Crippen LogP contribution in [-0.4, -0.2) is 50.5 Å². The van der Waals surface area contributed by atoms with Gasteiger partial charge in [-0.05, 0) is 34.8 Å². The summed E-state index contributed by atoms with van der Waals surface area (Å²) in [5.74, 6) is 0.897. The van der Waals surface area contributed by atoms with Gasteiger partial charge < -0.3 is 14.7 Å². The van der Waals surface area contributed by atoms with E-state index in [2.05, 4.69) is 4.40 Å². The highest BCUT2D eigenvalue weighted by Crippen LogP contribution is 2.51. The molecule has 2 heterocycles. The summed E-state index contributed by atoms with van der Waals surface area (Å²) in [6.07, 6.45) is 5.13. The van der Waals surface area contributed by atoms with E-state index >= 15 is 0 Å². The van der Waals surface area contributed by atoms with Crippen molar-refractivity contribution >= 4 is 39.9 Å². The first-order valence-corrected chi connectivity index (χ1v) is 11.3. The highest BCUT2D eigenvalue weighted by Gasteiger charge is 2.35. The second-order valence-electron chi connectivity index (χ2n) is 6.17. The molecule has 0 saturated carbocycles. The fourth-order valence-corrected chi connectivity index (χ4v) is 6.86. The van der Waals surface area contributed by atoms with E-state index in [1.54, 1.807) is 43.9 Å². The molecule has 2 aliphatic rings. The SMILES string of the molecule is COc1ccc(CC2=CC(O)=C3C=C(S(=O)(=O)/N=C/N(C)C)SC3S2)cc1. The summed E-state index contributed by atoms with van der Waals surface area (Å²) in [7, 11) is 1.26. The molecular weight excluding hydrogens is 404 g/mol. The van der Waals surface area contributed by atoms with Gasteiger partial charge >= 0.3 is 0 Å². The zero-order chi connectivity index (χ0) is 19.6. The Balaban J connectivity index is 1.78. The molecule has 6 nitrogen and oxygen atoms in total. The third-order valence-corrected chi connectivity index (χ3v) is 8.16. The Morgan fingerprint density at radius 1 is 1.22 bits per heavy atom. The minimum Gasteiger partial charge on any atom is -0.508 e. The van der Waals surface area contributed by atoms with Gasteiger partial charge in [0, 0.05) is 26.1 Å². The summed E-state index contributed by atoms with van der Waals surface area (Å²) in [6, 6.07) is 7.73. The number of methoxy groups -OCH3 is 1. The van der Waals surface area contributed by atoms with Crippen LogP contribution >= 0.6 is 23.5 Å². The number of hydrogen-bond donors (Lipinski definition) is 1. The first-order chi connectivity index (χ1) is 12.8. The van der Waals surface area contributed by atoms with Crippen LogP contribution in [0.2, 0.25) is 0 Å². The quantitative estimate of drug-likeness (QED) is 0.553. The van der Waals surface area contributed by atoms with Crippen molar-refractivity contribution in [3.05, 3.63) is 62.5 Å². The number of rotatable bonds is 6. The summed E-state index contributed by atoms with van der Waals surface area (Å²) in [6.45, 7) is 0. The van der Waals surface area contributed by atoms with Crippen LogP contribution in [0.15, 0.2) is 61.3 Å². The lowest BCUT2D eigenvalue weighted by Gasteiger charge is -2.19. The molecule has 0 bridgehead atoms. The molecule has 9 heteroatoms. The van der Waals surface area contributed by atoms with Crippen LogP contribution in [0.1, 0.15) is 5.56 Å². The van der Waals surface area contributed by atoms with Crippen molar-refractivity contribution < 1.29 is 18.3 Å². The molecule has 2 aliphatic heterocycles. The van der Waals surface area contributed by atoms with E-state index < -0.39 is 10.0 Å². The Morgan fingerprint density at radius 3 is 2.56 bits per heavy atom. The van der Waals surface area contributed by atoms with Crippen LogP contribution in [0.5, 0.6) is 5.75 Å². The van der Waals surface area contributed by atoms with E-state index in [9.17, 15) is 13.5 Å². The average molecular weight is 425 g/mol. The van der Waals surface area contributed by atoms with Crippen molar-refractivity contribution in [1.82, 2.24) is 4.90 Å². The average Bonchev–Trinajstić information content (AvgIpc) is 3.06. The molecule has 0 aliphatic carbocycles. The fraction of sp³-hybridized carbons (Fsp3) is 0.278. The normalized spacial score (nSPS) is 19.7. The predicted octanol–water partition coefficient (Wildman–Crippen LogP) is 3.51. The molecule has 0 amide bonds. The van der Waals surface area contributed by atoms with Crippen molar-refractivity contribution in [2.75, 3.05) is 21.2 Å². The van der Waals surface area contributed by atoms with E-state index in [0.29, 0.717) is 12.0 Å². The van der Waals surface area contributed by atoms with Gasteiger partial charge in [-0.25, -0.2) is 0 Å². The Hall–Kier alpha value is -1.84. The van der Waals surface area contributed by atoms with Gasteiger partial charge in [-0.2, -0.15) is 8.42 Å². The summed E-state index contributed by atoms with van der Waals surface area (Å²) >= 11 is 2.75. The zero-order valence-electron chi connectivity index (χ0n) is 15.1. The van der Waals surface area contributed by atoms with E-state index in [4.69, 9.17) is 4.74 Å². The topological polar surface area (TPSA) is 79.2 Å². The Morgan fingerprint density at radius 2 is 1.93 bits per heavy atom. The molecule has 27 heavy (non-hydrogen) atoms. The first kappa shape index (κ1) is 19.9. The van der Waals surface area contributed by atoms with E-state index in [0.717, 1.165) is 16.2 Å². The largest absolute Gasteiger partial charge is 0.508 e. The zero-order valence-corrected chi connectivity index (χ0v) is 17.6. The van der Waals surface area contributed by atoms with Gasteiger partial charge in [-0.15, -0.1) is 16.2 Å². The molecule has 0 saturated heterocycles. The van der Waals surface area contributed by atoms with Crippen LogP contribution in [0.3, 0.4) is 0 Å². The number of ether oxygens (including phenoxy) is 1. The number of allylic oxidation sites excluding steroid dienone is 3. The van der Waals surface area contributed by atoms with Gasteiger partial charge in [-0.3, -0.25) is 0 Å². The van der Waals surface area contributed by atoms with Crippen LogP contribution in [0.4, 0.5) is 0 Å². The Kier molecular flexibility index (Phi) is 5.92. The monoisotopic (exact) mass is 424 g/mol. The van der Waals surface area contributed by atoms with Crippen LogP contribution < -0.4 is 4.74 Å². The van der Waals surface area contributed by atoms with Gasteiger partial charge in [0.2, 0.25) is 0 Å². The van der Waals surface area contributed by atoms with Crippen molar-refractivity contribution in [2.45, 2.75) is 11.0 Å². The maximum atomic E-state index is 12.4. The van der Waals surface area contributed by atoms with E-state index in [1.165, 1.54) is 24.2 Å². The minimum atomic E-state index is -3.76. The summed E-state index contributed by atoms with van der Waals surface area (Å²) in [5, 5.41) is 10.4. The number of thioether (sulfide) groups is 2.